The summed E-state index contributed by atoms with van der Waals surface area (Å²) in [6.45, 7) is 0. The first-order valence-corrected chi connectivity index (χ1v) is 17.9. The first-order valence-electron chi connectivity index (χ1n) is 17.9. The quantitative estimate of drug-likeness (QED) is 0.187. The van der Waals surface area contributed by atoms with E-state index in [1.54, 1.807) is 0 Å². The average molecular weight is 677 g/mol. The fraction of sp³-hybridized carbons (Fsp3) is 0. The lowest BCUT2D eigenvalue weighted by Gasteiger charge is -2.32. The van der Waals surface area contributed by atoms with E-state index in [2.05, 4.69) is 161 Å². The van der Waals surface area contributed by atoms with Crippen LogP contribution in [0.3, 0.4) is 0 Å². The summed E-state index contributed by atoms with van der Waals surface area (Å²) in [7, 11) is 0. The number of hydrogen-bond acceptors (Lipinski definition) is 4. The third-order valence-electron chi connectivity index (χ3n) is 10.9. The van der Waals surface area contributed by atoms with Crippen LogP contribution in [0.5, 0.6) is 0 Å². The van der Waals surface area contributed by atoms with Gasteiger partial charge in [-0.3, -0.25) is 4.90 Å². The van der Waals surface area contributed by atoms with E-state index >= 15 is 0 Å². The molecule has 0 fully saturated rings. The molecule has 1 aliphatic heterocycles. The zero-order valence-electron chi connectivity index (χ0n) is 28.4. The number of hydrogen-bond donors (Lipinski definition) is 0. The summed E-state index contributed by atoms with van der Waals surface area (Å²) >= 11 is 0. The molecule has 11 aromatic rings. The molecule has 5 heteroatoms. The highest BCUT2D eigenvalue weighted by Crippen LogP contribution is 2.53. The Labute approximate surface area is 303 Å². The molecule has 4 heterocycles. The van der Waals surface area contributed by atoms with Crippen LogP contribution in [0.2, 0.25) is 0 Å². The Bertz CT molecular complexity index is 3300. The van der Waals surface area contributed by atoms with Gasteiger partial charge in [-0.25, -0.2) is 9.97 Å². The SMILES string of the molecule is c1ccc(-n2c3ccccc3c3c(-c4nc(N5c6ccc7ccccc7c6-c6cccc7cccc5c67)nc5c4oc4ccccc45)cccc32)cc1. The molecule has 0 aliphatic carbocycles. The molecule has 0 saturated carbocycles. The van der Waals surface area contributed by atoms with E-state index in [4.69, 9.17) is 14.4 Å². The summed E-state index contributed by atoms with van der Waals surface area (Å²) in [6, 6.07) is 60.1. The molecular formula is C48H28N4O. The van der Waals surface area contributed by atoms with Crippen molar-refractivity contribution in [3.8, 4) is 28.1 Å². The zero-order valence-corrected chi connectivity index (χ0v) is 28.4. The summed E-state index contributed by atoms with van der Waals surface area (Å²) < 4.78 is 9.07. The van der Waals surface area contributed by atoms with Crippen LogP contribution < -0.4 is 4.90 Å². The van der Waals surface area contributed by atoms with Gasteiger partial charge in [0.1, 0.15) is 16.8 Å². The smallest absolute Gasteiger partial charge is 0.236 e. The molecule has 0 radical (unpaired) electrons. The van der Waals surface area contributed by atoms with Gasteiger partial charge >= 0.3 is 0 Å². The van der Waals surface area contributed by atoms with Crippen LogP contribution in [0.25, 0.3) is 93.5 Å². The summed E-state index contributed by atoms with van der Waals surface area (Å²) in [4.78, 5) is 13.3. The van der Waals surface area contributed by atoms with Crippen molar-refractivity contribution >= 4 is 82.7 Å². The summed E-state index contributed by atoms with van der Waals surface area (Å²) in [6.07, 6.45) is 0. The van der Waals surface area contributed by atoms with Crippen molar-refractivity contribution in [2.75, 3.05) is 4.90 Å². The van der Waals surface area contributed by atoms with Gasteiger partial charge in [0.05, 0.1) is 22.4 Å². The molecule has 1 aliphatic rings. The van der Waals surface area contributed by atoms with Crippen LogP contribution >= 0.6 is 0 Å². The topological polar surface area (TPSA) is 47.1 Å². The second-order valence-electron chi connectivity index (χ2n) is 13.7. The Balaban J connectivity index is 1.22. The number of benzene rings is 8. The maximum atomic E-state index is 6.72. The Hall–Kier alpha value is -7.24. The molecule has 0 unspecified atom stereocenters. The minimum atomic E-state index is 0.599. The van der Waals surface area contributed by atoms with E-state index in [1.165, 1.54) is 32.7 Å². The van der Waals surface area contributed by atoms with E-state index in [-0.39, 0.29) is 0 Å². The minimum Gasteiger partial charge on any atom is -0.452 e. The van der Waals surface area contributed by atoms with Crippen molar-refractivity contribution in [1.82, 2.24) is 14.5 Å². The van der Waals surface area contributed by atoms with Gasteiger partial charge < -0.3 is 8.98 Å². The Morgan fingerprint density at radius 2 is 1.15 bits per heavy atom. The molecule has 0 atom stereocenters. The molecule has 0 bridgehead atoms. The van der Waals surface area contributed by atoms with Crippen molar-refractivity contribution in [2.45, 2.75) is 0 Å². The maximum Gasteiger partial charge on any atom is 0.236 e. The molecule has 246 valence electrons. The van der Waals surface area contributed by atoms with Gasteiger partial charge in [-0.2, -0.15) is 0 Å². The first kappa shape index (κ1) is 28.5. The zero-order chi connectivity index (χ0) is 34.6. The molecular weight excluding hydrogens is 649 g/mol. The Kier molecular flexibility index (Phi) is 5.71. The number of para-hydroxylation sites is 3. The van der Waals surface area contributed by atoms with E-state index in [9.17, 15) is 0 Å². The van der Waals surface area contributed by atoms with Crippen molar-refractivity contribution in [2.24, 2.45) is 0 Å². The van der Waals surface area contributed by atoms with Crippen molar-refractivity contribution in [3.63, 3.8) is 0 Å². The van der Waals surface area contributed by atoms with Gasteiger partial charge in [-0.1, -0.05) is 121 Å². The van der Waals surface area contributed by atoms with Gasteiger partial charge in [-0.05, 0) is 70.3 Å². The molecule has 0 N–H and O–H groups in total. The standard InChI is InChI=1S/C48H28N4O/c1-2-16-31(17-3-1)51-37-23-8-6-19-33(37)44-36(22-12-25-39(44)51)46-47-45(34-20-7-9-26-41(34)53-47)49-48(50-46)52-38-24-11-15-30-14-10-21-35(42(30)38)43-32-18-5-4-13-29(32)27-28-40(43)52/h1-28H. The summed E-state index contributed by atoms with van der Waals surface area (Å²) in [5, 5.41) is 8.00. The number of aromatic nitrogens is 3. The average Bonchev–Trinajstić information content (AvgIpc) is 3.77. The lowest BCUT2D eigenvalue weighted by atomic mass is 9.88. The molecule has 3 aromatic heterocycles. The van der Waals surface area contributed by atoms with E-state index in [0.717, 1.165) is 66.6 Å². The van der Waals surface area contributed by atoms with Gasteiger partial charge in [0.25, 0.3) is 0 Å². The van der Waals surface area contributed by atoms with Crippen LogP contribution in [0, 0.1) is 0 Å². The summed E-state index contributed by atoms with van der Waals surface area (Å²) in [5.41, 5.74) is 11.9. The van der Waals surface area contributed by atoms with E-state index in [1.807, 2.05) is 18.2 Å². The normalized spacial score (nSPS) is 12.5. The molecule has 8 aromatic carbocycles. The van der Waals surface area contributed by atoms with Gasteiger partial charge in [-0.15, -0.1) is 0 Å². The Morgan fingerprint density at radius 3 is 2.06 bits per heavy atom. The maximum absolute atomic E-state index is 6.72. The monoisotopic (exact) mass is 676 g/mol. The fourth-order valence-electron chi connectivity index (χ4n) is 8.72. The van der Waals surface area contributed by atoms with Crippen LogP contribution in [0.1, 0.15) is 0 Å². The number of nitrogens with zero attached hydrogens (tertiary/aromatic N) is 4. The largest absolute Gasteiger partial charge is 0.452 e. The van der Waals surface area contributed by atoms with E-state index < -0.39 is 0 Å². The van der Waals surface area contributed by atoms with Crippen LogP contribution in [0.15, 0.2) is 174 Å². The molecule has 0 spiro atoms. The minimum absolute atomic E-state index is 0.599. The van der Waals surface area contributed by atoms with Crippen molar-refractivity contribution in [3.05, 3.63) is 170 Å². The molecule has 5 nitrogen and oxygen atoms in total. The molecule has 0 amide bonds. The van der Waals surface area contributed by atoms with Crippen LogP contribution in [-0.4, -0.2) is 14.5 Å². The van der Waals surface area contributed by atoms with Crippen molar-refractivity contribution < 1.29 is 4.42 Å². The van der Waals surface area contributed by atoms with Gasteiger partial charge in [0.15, 0.2) is 5.58 Å². The lowest BCUT2D eigenvalue weighted by Crippen LogP contribution is -2.18. The molecule has 0 saturated heterocycles. The predicted molar refractivity (Wildman–Crippen MR) is 218 cm³/mol. The van der Waals surface area contributed by atoms with Crippen molar-refractivity contribution in [1.29, 1.82) is 0 Å². The number of rotatable bonds is 3. The fourth-order valence-corrected chi connectivity index (χ4v) is 8.72. The van der Waals surface area contributed by atoms with E-state index in [0.29, 0.717) is 11.5 Å². The third kappa shape index (κ3) is 3.91. The predicted octanol–water partition coefficient (Wildman–Crippen LogP) is 12.9. The second kappa shape index (κ2) is 10.6. The van der Waals surface area contributed by atoms with Crippen LogP contribution in [0.4, 0.5) is 17.3 Å². The molecule has 53 heavy (non-hydrogen) atoms. The highest BCUT2D eigenvalue weighted by atomic mass is 16.3. The third-order valence-corrected chi connectivity index (χ3v) is 10.9. The highest BCUT2D eigenvalue weighted by molar-refractivity contribution is 6.21. The van der Waals surface area contributed by atoms with Gasteiger partial charge in [0, 0.05) is 38.4 Å². The second-order valence-corrected chi connectivity index (χ2v) is 13.7. The van der Waals surface area contributed by atoms with Crippen LogP contribution in [-0.2, 0) is 0 Å². The molecule has 12 rings (SSSR count). The lowest BCUT2D eigenvalue weighted by molar-refractivity contribution is 0.667. The van der Waals surface area contributed by atoms with Gasteiger partial charge in [0.2, 0.25) is 5.95 Å². The number of fused-ring (bicyclic) bond motifs is 10. The number of furan rings is 1. The highest BCUT2D eigenvalue weighted by Gasteiger charge is 2.31. The first-order chi connectivity index (χ1) is 26.3. The summed E-state index contributed by atoms with van der Waals surface area (Å²) in [5.74, 6) is 0.599. The Morgan fingerprint density at radius 1 is 0.453 bits per heavy atom. The number of anilines is 3.